The molecule has 0 spiro atoms. The molecule has 31 heavy (non-hydrogen) atoms. The largest absolute Gasteiger partial charge is 0.484 e. The van der Waals surface area contributed by atoms with Crippen LogP contribution in [0.2, 0.25) is 0 Å². The summed E-state index contributed by atoms with van der Waals surface area (Å²) in [5.74, 6) is -14.1. The van der Waals surface area contributed by atoms with E-state index in [1.165, 1.54) is 24.3 Å². The first-order chi connectivity index (χ1) is 14.8. The fourth-order valence-electron chi connectivity index (χ4n) is 2.50. The van der Waals surface area contributed by atoms with Crippen molar-refractivity contribution in [2.75, 3.05) is 19.8 Å². The molecule has 0 saturated carbocycles. The quantitative estimate of drug-likeness (QED) is 0.170. The van der Waals surface area contributed by atoms with Crippen LogP contribution in [-0.2, 0) is 9.47 Å². The molecule has 0 amide bonds. The fourth-order valence-corrected chi connectivity index (χ4v) is 2.50. The number of carbonyl (C=O) groups is 2. The normalized spacial score (nSPS) is 10.6. The highest BCUT2D eigenvalue weighted by Crippen LogP contribution is 2.29. The molecule has 168 valence electrons. The first kappa shape index (κ1) is 24.1. The summed E-state index contributed by atoms with van der Waals surface area (Å²) < 4.78 is 80.9. The molecule has 0 aliphatic rings. The van der Waals surface area contributed by atoms with E-state index in [1.54, 1.807) is 0 Å². The number of rotatable bonds is 10. The van der Waals surface area contributed by atoms with Crippen molar-refractivity contribution in [1.82, 2.24) is 0 Å². The number of hydrogen-bond acceptors (Lipinski definition) is 5. The van der Waals surface area contributed by atoms with Crippen LogP contribution in [0.4, 0.5) is 22.0 Å². The number of carbonyl (C=O) groups excluding carboxylic acids is 2. The SMILES string of the molecule is CCCCCOC(=O)c1ccccc1C(=O)OCCOc1c(F)c(F)c(F)c(F)c1F. The summed E-state index contributed by atoms with van der Waals surface area (Å²) in [6.07, 6.45) is 2.48. The van der Waals surface area contributed by atoms with Crippen molar-refractivity contribution in [2.24, 2.45) is 0 Å². The van der Waals surface area contributed by atoms with E-state index in [0.717, 1.165) is 12.8 Å². The highest BCUT2D eigenvalue weighted by Gasteiger charge is 2.27. The Balaban J connectivity index is 1.97. The molecule has 0 fully saturated rings. The number of esters is 2. The molecule has 2 aromatic carbocycles. The van der Waals surface area contributed by atoms with E-state index in [1.807, 2.05) is 6.92 Å². The summed E-state index contributed by atoms with van der Waals surface area (Å²) >= 11 is 0. The van der Waals surface area contributed by atoms with Crippen LogP contribution < -0.4 is 4.74 Å². The zero-order valence-electron chi connectivity index (χ0n) is 16.5. The molecule has 0 saturated heterocycles. The Labute approximate surface area is 174 Å². The van der Waals surface area contributed by atoms with Crippen molar-refractivity contribution in [3.63, 3.8) is 0 Å². The summed E-state index contributed by atoms with van der Waals surface area (Å²) in [6, 6.07) is 5.68. The molecular formula is C21H19F5O5. The van der Waals surface area contributed by atoms with Crippen LogP contribution in [0.15, 0.2) is 24.3 Å². The molecule has 5 nitrogen and oxygen atoms in total. The predicted octanol–water partition coefficient (Wildman–Crippen LogP) is 4.96. The summed E-state index contributed by atoms with van der Waals surface area (Å²) in [5, 5.41) is 0. The molecule has 0 bridgehead atoms. The molecule has 2 aromatic rings. The van der Waals surface area contributed by atoms with Gasteiger partial charge in [-0.2, -0.15) is 8.78 Å². The lowest BCUT2D eigenvalue weighted by molar-refractivity contribution is 0.0418. The van der Waals surface area contributed by atoms with Crippen LogP contribution in [0.3, 0.4) is 0 Å². The summed E-state index contributed by atoms with van der Waals surface area (Å²) in [6.45, 7) is 0.889. The van der Waals surface area contributed by atoms with Gasteiger partial charge in [-0.05, 0) is 18.6 Å². The van der Waals surface area contributed by atoms with Gasteiger partial charge in [0.25, 0.3) is 0 Å². The average molecular weight is 446 g/mol. The van der Waals surface area contributed by atoms with Gasteiger partial charge in [0.15, 0.2) is 5.75 Å². The van der Waals surface area contributed by atoms with Crippen molar-refractivity contribution in [2.45, 2.75) is 26.2 Å². The molecule has 0 aliphatic heterocycles. The van der Waals surface area contributed by atoms with Crippen molar-refractivity contribution < 1.29 is 45.8 Å². The topological polar surface area (TPSA) is 61.8 Å². The first-order valence-corrected chi connectivity index (χ1v) is 9.37. The maximum atomic E-state index is 13.5. The van der Waals surface area contributed by atoms with Crippen LogP contribution in [0, 0.1) is 29.1 Å². The van der Waals surface area contributed by atoms with Gasteiger partial charge >= 0.3 is 11.9 Å². The third-order valence-corrected chi connectivity index (χ3v) is 4.08. The third kappa shape index (κ3) is 5.93. The Morgan fingerprint density at radius 2 is 1.19 bits per heavy atom. The van der Waals surface area contributed by atoms with E-state index < -0.39 is 60.0 Å². The molecule has 0 unspecified atom stereocenters. The summed E-state index contributed by atoms with van der Waals surface area (Å²) in [7, 11) is 0. The first-order valence-electron chi connectivity index (χ1n) is 9.37. The lowest BCUT2D eigenvalue weighted by atomic mass is 10.1. The highest BCUT2D eigenvalue weighted by molar-refractivity contribution is 6.03. The molecular weight excluding hydrogens is 427 g/mol. The Kier molecular flexibility index (Phi) is 8.77. The van der Waals surface area contributed by atoms with Crippen LogP contribution in [0.1, 0.15) is 46.9 Å². The maximum absolute atomic E-state index is 13.5. The third-order valence-electron chi connectivity index (χ3n) is 4.08. The van der Waals surface area contributed by atoms with E-state index in [2.05, 4.69) is 4.74 Å². The van der Waals surface area contributed by atoms with Crippen molar-refractivity contribution >= 4 is 11.9 Å². The van der Waals surface area contributed by atoms with Crippen LogP contribution in [0.25, 0.3) is 0 Å². The van der Waals surface area contributed by atoms with Gasteiger partial charge < -0.3 is 14.2 Å². The standard InChI is InChI=1S/C21H19F5O5/c1-2-3-6-9-30-20(27)12-7-4-5-8-13(12)21(28)31-11-10-29-19-17(25)15(23)14(22)16(24)18(19)26/h4-5,7-8H,2-3,6,9-11H2,1H3. The molecule has 10 heteroatoms. The molecule has 0 heterocycles. The Morgan fingerprint density at radius 1 is 0.710 bits per heavy atom. The molecule has 0 aliphatic carbocycles. The summed E-state index contributed by atoms with van der Waals surface area (Å²) in [5.41, 5.74) is -0.149. The molecule has 0 radical (unpaired) electrons. The second kappa shape index (κ2) is 11.3. The van der Waals surface area contributed by atoms with E-state index in [9.17, 15) is 31.5 Å². The average Bonchev–Trinajstić information content (AvgIpc) is 2.78. The number of hydrogen-bond donors (Lipinski definition) is 0. The smallest absolute Gasteiger partial charge is 0.339 e. The van der Waals surface area contributed by atoms with Crippen LogP contribution in [-0.4, -0.2) is 31.8 Å². The van der Waals surface area contributed by atoms with Crippen LogP contribution in [0.5, 0.6) is 5.75 Å². The van der Waals surface area contributed by atoms with Gasteiger partial charge in [-0.25, -0.2) is 22.8 Å². The Hall–Kier alpha value is -3.17. The molecule has 0 atom stereocenters. The number of ether oxygens (including phenoxy) is 3. The minimum absolute atomic E-state index is 0.0373. The minimum atomic E-state index is -2.31. The van der Waals surface area contributed by atoms with Crippen molar-refractivity contribution in [3.05, 3.63) is 64.5 Å². The molecule has 2 rings (SSSR count). The maximum Gasteiger partial charge on any atom is 0.339 e. The lowest BCUT2D eigenvalue weighted by Gasteiger charge is -2.12. The van der Waals surface area contributed by atoms with Gasteiger partial charge in [0, 0.05) is 0 Å². The van der Waals surface area contributed by atoms with Gasteiger partial charge in [-0.15, -0.1) is 0 Å². The lowest BCUT2D eigenvalue weighted by Crippen LogP contribution is -2.17. The second-order valence-electron chi connectivity index (χ2n) is 6.27. The second-order valence-corrected chi connectivity index (χ2v) is 6.27. The number of benzene rings is 2. The molecule has 0 aromatic heterocycles. The van der Waals surface area contributed by atoms with Crippen LogP contribution >= 0.6 is 0 Å². The van der Waals surface area contributed by atoms with Gasteiger partial charge in [-0.3, -0.25) is 0 Å². The van der Waals surface area contributed by atoms with Crippen molar-refractivity contribution in [3.8, 4) is 5.75 Å². The number of unbranched alkanes of at least 4 members (excludes halogenated alkanes) is 2. The van der Waals surface area contributed by atoms with Gasteiger partial charge in [0.1, 0.15) is 13.2 Å². The zero-order chi connectivity index (χ0) is 23.0. The fraction of sp³-hybridized carbons (Fsp3) is 0.333. The number of halogens is 5. The molecule has 0 N–H and O–H groups in total. The summed E-state index contributed by atoms with van der Waals surface area (Å²) in [4.78, 5) is 24.4. The van der Waals surface area contributed by atoms with Crippen molar-refractivity contribution in [1.29, 1.82) is 0 Å². The van der Waals surface area contributed by atoms with Gasteiger partial charge in [0.05, 0.1) is 17.7 Å². The predicted molar refractivity (Wildman–Crippen MR) is 98.3 cm³/mol. The van der Waals surface area contributed by atoms with E-state index in [-0.39, 0.29) is 17.7 Å². The highest BCUT2D eigenvalue weighted by atomic mass is 19.2. The van der Waals surface area contributed by atoms with Gasteiger partial charge in [0.2, 0.25) is 29.1 Å². The minimum Gasteiger partial charge on any atom is -0.484 e. The Morgan fingerprint density at radius 3 is 1.71 bits per heavy atom. The Bertz CT molecular complexity index is 919. The van der Waals surface area contributed by atoms with E-state index in [4.69, 9.17) is 9.47 Å². The van der Waals surface area contributed by atoms with E-state index in [0.29, 0.717) is 6.42 Å². The van der Waals surface area contributed by atoms with E-state index >= 15 is 0 Å². The monoisotopic (exact) mass is 446 g/mol. The zero-order valence-corrected chi connectivity index (χ0v) is 16.5. The van der Waals surface area contributed by atoms with Gasteiger partial charge in [-0.1, -0.05) is 31.9 Å².